The smallest absolute Gasteiger partial charge is 0.449 e. The van der Waals surface area contributed by atoms with Gasteiger partial charge in [0, 0.05) is 17.3 Å². The number of rotatable bonds is 7. The van der Waals surface area contributed by atoms with E-state index in [2.05, 4.69) is 15.6 Å². The highest BCUT2D eigenvalue weighted by molar-refractivity contribution is 5.98. The number of esters is 1. The Hall–Kier alpha value is -3.89. The first-order valence-corrected chi connectivity index (χ1v) is 10.1. The summed E-state index contributed by atoms with van der Waals surface area (Å²) in [5.41, 5.74) is 0.885. The monoisotopic (exact) mass is 460 g/mol. The lowest BCUT2D eigenvalue weighted by atomic mass is 10.2. The summed E-state index contributed by atoms with van der Waals surface area (Å²) in [6, 6.07) is 12.3. The fraction of sp³-hybridized carbons (Fsp3) is 0.273. The van der Waals surface area contributed by atoms with E-state index in [-0.39, 0.29) is 23.0 Å². The van der Waals surface area contributed by atoms with Crippen LogP contribution in [0.25, 0.3) is 11.0 Å². The predicted molar refractivity (Wildman–Crippen MR) is 111 cm³/mol. The van der Waals surface area contributed by atoms with Crippen molar-refractivity contribution in [1.82, 2.24) is 14.9 Å². The maximum absolute atomic E-state index is 13.3. The van der Waals surface area contributed by atoms with Gasteiger partial charge in [0.2, 0.25) is 5.82 Å². The summed E-state index contributed by atoms with van der Waals surface area (Å²) in [5.74, 6) is -3.22. The Kier molecular flexibility index (Phi) is 6.03. The molecule has 0 unspecified atom stereocenters. The number of carbonyl (C=O) groups is 3. The average Bonchev–Trinajstić information content (AvgIpc) is 3.51. The predicted octanol–water partition coefficient (Wildman–Crippen LogP) is 3.13. The second-order valence-electron chi connectivity index (χ2n) is 7.55. The van der Waals surface area contributed by atoms with Crippen molar-refractivity contribution in [3.05, 3.63) is 59.9 Å². The van der Waals surface area contributed by atoms with Crippen LogP contribution < -0.4 is 10.6 Å². The number of amides is 2. The Balaban J connectivity index is 1.36. The van der Waals surface area contributed by atoms with Crippen molar-refractivity contribution in [2.24, 2.45) is 0 Å². The molecule has 0 bridgehead atoms. The summed E-state index contributed by atoms with van der Waals surface area (Å²) in [6.07, 6.45) is -2.90. The van der Waals surface area contributed by atoms with Crippen LogP contribution in [0, 0.1) is 0 Å². The van der Waals surface area contributed by atoms with Gasteiger partial charge in [0.1, 0.15) is 6.54 Å². The number of nitrogens with zero attached hydrogens (tertiary/aromatic N) is 2. The molecule has 33 heavy (non-hydrogen) atoms. The van der Waals surface area contributed by atoms with Crippen molar-refractivity contribution in [3.63, 3.8) is 0 Å². The Bertz CT molecular complexity index is 1220. The highest BCUT2D eigenvalue weighted by atomic mass is 19.4. The van der Waals surface area contributed by atoms with E-state index in [0.29, 0.717) is 15.8 Å². The molecule has 0 aliphatic heterocycles. The number of para-hydroxylation sites is 2. The zero-order chi connectivity index (χ0) is 23.6. The summed E-state index contributed by atoms with van der Waals surface area (Å²) in [4.78, 5) is 40.0. The summed E-state index contributed by atoms with van der Waals surface area (Å²) in [5, 5.41) is 5.32. The first kappa shape index (κ1) is 22.3. The van der Waals surface area contributed by atoms with Gasteiger partial charge in [-0.2, -0.15) is 13.2 Å². The van der Waals surface area contributed by atoms with Crippen molar-refractivity contribution >= 4 is 34.5 Å². The van der Waals surface area contributed by atoms with E-state index in [1.54, 1.807) is 18.2 Å². The molecule has 2 N–H and O–H groups in total. The molecule has 0 atom stereocenters. The summed E-state index contributed by atoms with van der Waals surface area (Å²) in [7, 11) is 0. The van der Waals surface area contributed by atoms with Gasteiger partial charge in [-0.25, -0.2) is 4.98 Å². The number of benzene rings is 2. The number of aromatic nitrogens is 2. The normalized spacial score (nSPS) is 13.5. The molecule has 0 saturated heterocycles. The molecule has 1 fully saturated rings. The molecule has 1 saturated carbocycles. The van der Waals surface area contributed by atoms with Crippen molar-refractivity contribution in [1.29, 1.82) is 0 Å². The van der Waals surface area contributed by atoms with Crippen LogP contribution >= 0.6 is 0 Å². The zero-order valence-corrected chi connectivity index (χ0v) is 17.2. The highest BCUT2D eigenvalue weighted by Crippen LogP contribution is 2.31. The molecule has 2 amide bonds. The molecule has 1 aromatic heterocycles. The van der Waals surface area contributed by atoms with Crippen LogP contribution in [-0.4, -0.2) is 40.0 Å². The van der Waals surface area contributed by atoms with Gasteiger partial charge in [0.05, 0.1) is 11.0 Å². The molecule has 172 valence electrons. The van der Waals surface area contributed by atoms with Crippen LogP contribution in [0.15, 0.2) is 48.5 Å². The van der Waals surface area contributed by atoms with Gasteiger partial charge in [-0.1, -0.05) is 18.2 Å². The van der Waals surface area contributed by atoms with Crippen molar-refractivity contribution < 1.29 is 32.3 Å². The number of ether oxygens (including phenoxy) is 1. The van der Waals surface area contributed by atoms with E-state index in [0.717, 1.165) is 12.8 Å². The standard InChI is InChI=1S/C22H19F3N4O4/c23-22(24,25)21-28-16-6-1-2-7-17(16)29(21)11-19(31)33-12-18(30)26-15-5-3-4-13(10-15)20(32)27-14-8-9-14/h1-7,10,14H,8-9,11-12H2,(H,26,30)(H,27,32). The van der Waals surface area contributed by atoms with Crippen molar-refractivity contribution in [2.45, 2.75) is 31.6 Å². The quantitative estimate of drug-likeness (QED) is 0.528. The third kappa shape index (κ3) is 5.48. The number of hydrogen-bond donors (Lipinski definition) is 2. The van der Waals surface area contributed by atoms with E-state index >= 15 is 0 Å². The van der Waals surface area contributed by atoms with Gasteiger partial charge in [-0.3, -0.25) is 14.4 Å². The van der Waals surface area contributed by atoms with Crippen LogP contribution in [0.4, 0.5) is 18.9 Å². The molecule has 1 heterocycles. The second kappa shape index (κ2) is 8.93. The molecule has 2 aromatic carbocycles. The minimum Gasteiger partial charge on any atom is -0.454 e. The first-order chi connectivity index (χ1) is 15.7. The maximum Gasteiger partial charge on any atom is 0.449 e. The highest BCUT2D eigenvalue weighted by Gasteiger charge is 2.38. The van der Waals surface area contributed by atoms with E-state index in [4.69, 9.17) is 4.74 Å². The number of hydrogen-bond acceptors (Lipinski definition) is 5. The lowest BCUT2D eigenvalue weighted by molar-refractivity contribution is -0.152. The molecule has 8 nitrogen and oxygen atoms in total. The Morgan fingerprint density at radius 3 is 2.58 bits per heavy atom. The van der Waals surface area contributed by atoms with E-state index in [1.165, 1.54) is 30.3 Å². The van der Waals surface area contributed by atoms with E-state index in [9.17, 15) is 27.6 Å². The molecule has 0 spiro atoms. The molecular formula is C22H19F3N4O4. The van der Waals surface area contributed by atoms with Crippen molar-refractivity contribution in [3.8, 4) is 0 Å². The topological polar surface area (TPSA) is 102 Å². The fourth-order valence-corrected chi connectivity index (χ4v) is 3.20. The molecule has 4 rings (SSSR count). The Morgan fingerprint density at radius 2 is 1.85 bits per heavy atom. The molecule has 1 aliphatic carbocycles. The summed E-state index contributed by atoms with van der Waals surface area (Å²) in [6.45, 7) is -1.47. The third-order valence-corrected chi connectivity index (χ3v) is 4.88. The first-order valence-electron chi connectivity index (χ1n) is 10.1. The number of carbonyl (C=O) groups excluding carboxylic acids is 3. The van der Waals surface area contributed by atoms with Gasteiger partial charge in [-0.15, -0.1) is 0 Å². The lowest BCUT2D eigenvalue weighted by Gasteiger charge is -2.11. The number of alkyl halides is 3. The SMILES string of the molecule is O=C(COC(=O)Cn1c(C(F)(F)F)nc2ccccc21)Nc1cccc(C(=O)NC2CC2)c1. The Labute approximate surface area is 185 Å². The van der Waals surface area contributed by atoms with Gasteiger partial charge in [0.25, 0.3) is 11.8 Å². The van der Waals surface area contributed by atoms with Crippen LogP contribution in [0.3, 0.4) is 0 Å². The molecule has 3 aromatic rings. The summed E-state index contributed by atoms with van der Waals surface area (Å²) >= 11 is 0. The number of fused-ring (bicyclic) bond motifs is 1. The number of halogens is 3. The Morgan fingerprint density at radius 1 is 1.09 bits per heavy atom. The van der Waals surface area contributed by atoms with Crippen LogP contribution in [-0.2, 0) is 27.0 Å². The number of nitrogens with one attached hydrogen (secondary N) is 2. The lowest BCUT2D eigenvalue weighted by Crippen LogP contribution is -2.26. The van der Waals surface area contributed by atoms with Crippen LogP contribution in [0.1, 0.15) is 29.0 Å². The van der Waals surface area contributed by atoms with Gasteiger partial charge < -0.3 is 19.9 Å². The molecular weight excluding hydrogens is 441 g/mol. The average molecular weight is 460 g/mol. The minimum absolute atomic E-state index is 0.0842. The van der Waals surface area contributed by atoms with Crippen LogP contribution in [0.5, 0.6) is 0 Å². The molecule has 1 aliphatic rings. The van der Waals surface area contributed by atoms with Crippen LogP contribution in [0.2, 0.25) is 0 Å². The summed E-state index contributed by atoms with van der Waals surface area (Å²) < 4.78 is 45.5. The van der Waals surface area contributed by atoms with Gasteiger partial charge in [-0.05, 0) is 43.2 Å². The van der Waals surface area contributed by atoms with Crippen molar-refractivity contribution in [2.75, 3.05) is 11.9 Å². The zero-order valence-electron chi connectivity index (χ0n) is 17.2. The molecule has 0 radical (unpaired) electrons. The number of anilines is 1. The fourth-order valence-electron chi connectivity index (χ4n) is 3.20. The molecule has 11 heteroatoms. The van der Waals surface area contributed by atoms with E-state index in [1.807, 2.05) is 0 Å². The third-order valence-electron chi connectivity index (χ3n) is 4.88. The van der Waals surface area contributed by atoms with E-state index < -0.39 is 37.0 Å². The largest absolute Gasteiger partial charge is 0.454 e. The van der Waals surface area contributed by atoms with Gasteiger partial charge in [0.15, 0.2) is 6.61 Å². The minimum atomic E-state index is -4.77. The maximum atomic E-state index is 13.3. The second-order valence-corrected chi connectivity index (χ2v) is 7.55. The number of imidazole rings is 1. The van der Waals surface area contributed by atoms with Gasteiger partial charge >= 0.3 is 12.1 Å².